The zero-order valence-corrected chi connectivity index (χ0v) is 15.0. The number of para-hydroxylation sites is 2. The number of carbonyl (C=O) groups excluding carboxylic acids is 1. The highest BCUT2D eigenvalue weighted by Gasteiger charge is 2.32. The number of nitrogens with one attached hydrogen (secondary N) is 2. The van der Waals surface area contributed by atoms with Crippen molar-refractivity contribution < 1.29 is 9.53 Å². The molecule has 2 N–H and O–H groups in total. The molecule has 1 aromatic rings. The van der Waals surface area contributed by atoms with Crippen LogP contribution in [-0.2, 0) is 4.74 Å². The molecule has 0 aromatic heterocycles. The van der Waals surface area contributed by atoms with E-state index in [4.69, 9.17) is 4.74 Å². The van der Waals surface area contributed by atoms with Crippen molar-refractivity contribution in [2.75, 3.05) is 10.6 Å². The van der Waals surface area contributed by atoms with Crippen LogP contribution in [0.2, 0.25) is 0 Å². The van der Waals surface area contributed by atoms with E-state index in [1.165, 1.54) is 19.3 Å². The lowest BCUT2D eigenvalue weighted by Gasteiger charge is -2.40. The van der Waals surface area contributed by atoms with Gasteiger partial charge in [-0.3, -0.25) is 5.32 Å². The molecule has 4 heteroatoms. The van der Waals surface area contributed by atoms with Crippen molar-refractivity contribution in [1.82, 2.24) is 0 Å². The maximum Gasteiger partial charge on any atom is 0.412 e. The second-order valence-corrected chi connectivity index (χ2v) is 8.10. The van der Waals surface area contributed by atoms with E-state index in [2.05, 4.69) is 24.5 Å². The second-order valence-electron chi connectivity index (χ2n) is 8.10. The molecule has 1 aliphatic rings. The maximum absolute atomic E-state index is 12.0. The molecule has 2 rings (SSSR count). The SMILES string of the molecule is CC(C)(C)OC(=O)Nc1ccccc1NC1CCCCC1(C)C. The largest absolute Gasteiger partial charge is 0.444 e. The van der Waals surface area contributed by atoms with Gasteiger partial charge in [-0.25, -0.2) is 4.79 Å². The molecule has 23 heavy (non-hydrogen) atoms. The van der Waals surface area contributed by atoms with Crippen LogP contribution in [0.4, 0.5) is 16.2 Å². The summed E-state index contributed by atoms with van der Waals surface area (Å²) in [5.41, 5.74) is 1.48. The lowest BCUT2D eigenvalue weighted by atomic mass is 9.73. The van der Waals surface area contributed by atoms with Gasteiger partial charge in [0.15, 0.2) is 0 Å². The zero-order valence-electron chi connectivity index (χ0n) is 15.0. The Bertz CT molecular complexity index is 547. The highest BCUT2D eigenvalue weighted by Crippen LogP contribution is 2.38. The van der Waals surface area contributed by atoms with Crippen molar-refractivity contribution in [3.63, 3.8) is 0 Å². The average Bonchev–Trinajstić information content (AvgIpc) is 2.41. The summed E-state index contributed by atoms with van der Waals surface area (Å²) >= 11 is 0. The Kier molecular flexibility index (Phi) is 5.23. The van der Waals surface area contributed by atoms with E-state index in [0.29, 0.717) is 6.04 Å². The maximum atomic E-state index is 12.0. The number of ether oxygens (including phenoxy) is 1. The molecule has 1 aliphatic carbocycles. The Hall–Kier alpha value is -1.71. The molecule has 1 amide bonds. The normalized spacial score (nSPS) is 20.7. The van der Waals surface area contributed by atoms with Crippen LogP contribution in [0.5, 0.6) is 0 Å². The van der Waals surface area contributed by atoms with Crippen LogP contribution >= 0.6 is 0 Å². The van der Waals surface area contributed by atoms with E-state index in [0.717, 1.165) is 17.8 Å². The van der Waals surface area contributed by atoms with Crippen molar-refractivity contribution >= 4 is 17.5 Å². The van der Waals surface area contributed by atoms with E-state index >= 15 is 0 Å². The van der Waals surface area contributed by atoms with Gasteiger partial charge in [0.05, 0.1) is 11.4 Å². The topological polar surface area (TPSA) is 50.4 Å². The van der Waals surface area contributed by atoms with Gasteiger partial charge in [0.2, 0.25) is 0 Å². The van der Waals surface area contributed by atoms with Crippen LogP contribution in [0.3, 0.4) is 0 Å². The summed E-state index contributed by atoms with van der Waals surface area (Å²) in [6, 6.07) is 8.24. The molecular weight excluding hydrogens is 288 g/mol. The quantitative estimate of drug-likeness (QED) is 0.783. The number of hydrogen-bond acceptors (Lipinski definition) is 3. The van der Waals surface area contributed by atoms with Crippen LogP contribution < -0.4 is 10.6 Å². The molecule has 1 fully saturated rings. The molecule has 1 unspecified atom stereocenters. The lowest BCUT2D eigenvalue weighted by Crippen LogP contribution is -2.39. The summed E-state index contributed by atoms with van der Waals surface area (Å²) in [6.07, 6.45) is 4.51. The highest BCUT2D eigenvalue weighted by atomic mass is 16.6. The van der Waals surface area contributed by atoms with E-state index in [1.807, 2.05) is 45.0 Å². The fourth-order valence-corrected chi connectivity index (χ4v) is 3.08. The third-order valence-corrected chi connectivity index (χ3v) is 4.40. The third-order valence-electron chi connectivity index (χ3n) is 4.40. The molecule has 1 aromatic carbocycles. The lowest BCUT2D eigenvalue weighted by molar-refractivity contribution is 0.0636. The molecule has 4 nitrogen and oxygen atoms in total. The van der Waals surface area contributed by atoms with Gasteiger partial charge in [-0.1, -0.05) is 38.8 Å². The Morgan fingerprint density at radius 2 is 1.83 bits per heavy atom. The minimum atomic E-state index is -0.502. The number of carbonyl (C=O) groups is 1. The monoisotopic (exact) mass is 318 g/mol. The average molecular weight is 318 g/mol. The van der Waals surface area contributed by atoms with Crippen LogP contribution in [0.15, 0.2) is 24.3 Å². The molecule has 1 atom stereocenters. The van der Waals surface area contributed by atoms with E-state index in [1.54, 1.807) is 0 Å². The van der Waals surface area contributed by atoms with Gasteiger partial charge in [0.1, 0.15) is 5.60 Å². The molecule has 0 heterocycles. The first-order valence-electron chi connectivity index (χ1n) is 8.53. The van der Waals surface area contributed by atoms with Crippen LogP contribution in [-0.4, -0.2) is 17.7 Å². The van der Waals surface area contributed by atoms with Gasteiger partial charge in [-0.05, 0) is 51.2 Å². The van der Waals surface area contributed by atoms with E-state index < -0.39 is 11.7 Å². The molecule has 128 valence electrons. The molecule has 0 bridgehead atoms. The first-order valence-corrected chi connectivity index (χ1v) is 8.53. The van der Waals surface area contributed by atoms with Gasteiger partial charge in [-0.15, -0.1) is 0 Å². The minimum absolute atomic E-state index is 0.261. The van der Waals surface area contributed by atoms with Gasteiger partial charge < -0.3 is 10.1 Å². The Morgan fingerprint density at radius 3 is 2.43 bits per heavy atom. The predicted molar refractivity (Wildman–Crippen MR) is 96.0 cm³/mol. The number of amides is 1. The van der Waals surface area contributed by atoms with Gasteiger partial charge >= 0.3 is 6.09 Å². The highest BCUT2D eigenvalue weighted by molar-refractivity contribution is 5.89. The van der Waals surface area contributed by atoms with Gasteiger partial charge in [0.25, 0.3) is 0 Å². The number of benzene rings is 1. The summed E-state index contributed by atoms with van der Waals surface area (Å²) in [6.45, 7) is 10.2. The van der Waals surface area contributed by atoms with Gasteiger partial charge in [0, 0.05) is 6.04 Å². The van der Waals surface area contributed by atoms with Crippen LogP contribution in [0, 0.1) is 5.41 Å². The summed E-state index contributed by atoms with van der Waals surface area (Å²) in [7, 11) is 0. The smallest absolute Gasteiger partial charge is 0.412 e. The zero-order chi connectivity index (χ0) is 17.1. The van der Waals surface area contributed by atoms with Gasteiger partial charge in [-0.2, -0.15) is 0 Å². The Labute approximate surface area is 140 Å². The van der Waals surface area contributed by atoms with E-state index in [9.17, 15) is 4.79 Å². The Morgan fingerprint density at radius 1 is 1.17 bits per heavy atom. The first-order chi connectivity index (χ1) is 10.7. The predicted octanol–water partition coefficient (Wildman–Crippen LogP) is 5.41. The molecule has 0 spiro atoms. The molecule has 0 radical (unpaired) electrons. The standard InChI is InChI=1S/C19H30N2O2/c1-18(2,3)23-17(22)21-15-11-7-6-10-14(15)20-16-12-8-9-13-19(16,4)5/h6-7,10-11,16,20H,8-9,12-13H2,1-5H3,(H,21,22). The van der Waals surface area contributed by atoms with Crippen LogP contribution in [0.1, 0.15) is 60.3 Å². The number of hydrogen-bond donors (Lipinski definition) is 2. The van der Waals surface area contributed by atoms with Crippen molar-refractivity contribution in [3.05, 3.63) is 24.3 Å². The van der Waals surface area contributed by atoms with Crippen molar-refractivity contribution in [2.24, 2.45) is 5.41 Å². The fourth-order valence-electron chi connectivity index (χ4n) is 3.08. The number of anilines is 2. The molecule has 1 saturated carbocycles. The van der Waals surface area contributed by atoms with Crippen molar-refractivity contribution in [2.45, 2.75) is 71.9 Å². The summed E-state index contributed by atoms with van der Waals surface area (Å²) in [5, 5.41) is 6.50. The fraction of sp³-hybridized carbons (Fsp3) is 0.632. The molecular formula is C19H30N2O2. The molecule has 0 aliphatic heterocycles. The Balaban J connectivity index is 2.10. The van der Waals surface area contributed by atoms with Crippen molar-refractivity contribution in [1.29, 1.82) is 0 Å². The summed E-state index contributed by atoms with van der Waals surface area (Å²) in [4.78, 5) is 12.0. The molecule has 0 saturated heterocycles. The third kappa shape index (κ3) is 5.15. The first kappa shape index (κ1) is 17.6. The van der Waals surface area contributed by atoms with Crippen molar-refractivity contribution in [3.8, 4) is 0 Å². The van der Waals surface area contributed by atoms with Crippen LogP contribution in [0.25, 0.3) is 0 Å². The summed E-state index contributed by atoms with van der Waals surface area (Å²) in [5.74, 6) is 0. The second kappa shape index (κ2) is 6.81. The van der Waals surface area contributed by atoms with E-state index in [-0.39, 0.29) is 5.41 Å². The number of rotatable bonds is 3. The summed E-state index contributed by atoms with van der Waals surface area (Å²) < 4.78 is 5.35. The minimum Gasteiger partial charge on any atom is -0.444 e.